The number of likely N-dealkylation sites (tertiary alicyclic amines) is 1. The van der Waals surface area contributed by atoms with Gasteiger partial charge in [0.25, 0.3) is 5.91 Å². The lowest BCUT2D eigenvalue weighted by Gasteiger charge is -2.41. The van der Waals surface area contributed by atoms with E-state index in [-0.39, 0.29) is 18.0 Å². The molecule has 3 aromatic heterocycles. The Labute approximate surface area is 241 Å². The summed E-state index contributed by atoms with van der Waals surface area (Å²) in [7, 11) is 2.08. The van der Waals surface area contributed by atoms with Crippen molar-refractivity contribution >= 4 is 28.5 Å². The third-order valence-corrected chi connectivity index (χ3v) is 8.19. The molecule has 0 radical (unpaired) electrons. The first kappa shape index (κ1) is 25.3. The standard InChI is InChI=1S/C31H25ClN8O/c1-38-17-22(39-16-20-7-8-21(32)11-25(20)31(39)41)12-23(18-38)40-28-13-26(29-34-9-4-10-35-29)36-15-27(28)37-30(40)24-6-3-2-5-19(24)14-33/h2-11,13,15,22-23H,12,16-18H2,1H3/t22-,23+/m0/s1. The molecule has 1 amide bonds. The summed E-state index contributed by atoms with van der Waals surface area (Å²) in [4.78, 5) is 36.1. The molecule has 10 heteroatoms. The van der Waals surface area contributed by atoms with Crippen LogP contribution in [0.5, 0.6) is 0 Å². The maximum absolute atomic E-state index is 13.5. The minimum atomic E-state index is -0.0301. The lowest BCUT2D eigenvalue weighted by Crippen LogP contribution is -2.50. The fourth-order valence-corrected chi connectivity index (χ4v) is 6.32. The van der Waals surface area contributed by atoms with Gasteiger partial charge in [0.1, 0.15) is 17.0 Å². The number of pyridine rings is 1. The number of piperidine rings is 1. The van der Waals surface area contributed by atoms with Crippen LogP contribution in [-0.4, -0.2) is 66.4 Å². The lowest BCUT2D eigenvalue weighted by molar-refractivity contribution is 0.0532. The molecule has 41 heavy (non-hydrogen) atoms. The van der Waals surface area contributed by atoms with Crippen LogP contribution in [0.3, 0.4) is 0 Å². The second kappa shape index (κ2) is 10.1. The van der Waals surface area contributed by atoms with E-state index < -0.39 is 0 Å². The number of aromatic nitrogens is 5. The summed E-state index contributed by atoms with van der Waals surface area (Å²) in [6, 6.07) is 19.1. The molecule has 5 heterocycles. The molecule has 9 nitrogen and oxygen atoms in total. The summed E-state index contributed by atoms with van der Waals surface area (Å²) in [5.74, 6) is 1.24. The summed E-state index contributed by atoms with van der Waals surface area (Å²) in [5, 5.41) is 10.5. The predicted molar refractivity (Wildman–Crippen MR) is 155 cm³/mol. The molecule has 0 spiro atoms. The van der Waals surface area contributed by atoms with E-state index in [4.69, 9.17) is 16.6 Å². The number of benzene rings is 2. The van der Waals surface area contributed by atoms with Crippen LogP contribution in [0.15, 0.2) is 73.2 Å². The van der Waals surface area contributed by atoms with Gasteiger partial charge in [0.15, 0.2) is 5.82 Å². The Morgan fingerprint density at radius 2 is 1.78 bits per heavy atom. The Morgan fingerprint density at radius 3 is 2.61 bits per heavy atom. The fraction of sp³-hybridized carbons (Fsp3) is 0.226. The van der Waals surface area contributed by atoms with E-state index in [1.807, 2.05) is 47.4 Å². The number of likely N-dealkylation sites (N-methyl/N-ethyl adjacent to an activating group) is 1. The van der Waals surface area contributed by atoms with E-state index in [0.29, 0.717) is 40.0 Å². The third-order valence-electron chi connectivity index (χ3n) is 7.96. The van der Waals surface area contributed by atoms with Crippen LogP contribution in [0.1, 0.15) is 33.9 Å². The molecule has 5 aromatic rings. The molecule has 0 saturated carbocycles. The first-order valence-electron chi connectivity index (χ1n) is 13.4. The van der Waals surface area contributed by atoms with Crippen LogP contribution >= 0.6 is 11.6 Å². The zero-order valence-corrected chi connectivity index (χ0v) is 23.0. The summed E-state index contributed by atoms with van der Waals surface area (Å²) in [5.41, 5.74) is 5.22. The highest BCUT2D eigenvalue weighted by Gasteiger charge is 2.38. The van der Waals surface area contributed by atoms with Crippen LogP contribution in [0.25, 0.3) is 33.9 Å². The number of nitrogens with zero attached hydrogens (tertiary/aromatic N) is 8. The summed E-state index contributed by atoms with van der Waals surface area (Å²) in [6.45, 7) is 2.07. The average molecular weight is 561 g/mol. The van der Waals surface area contributed by atoms with E-state index in [1.165, 1.54) is 0 Å². The molecule has 2 aliphatic heterocycles. The van der Waals surface area contributed by atoms with Gasteiger partial charge in [-0.15, -0.1) is 0 Å². The molecule has 2 aromatic carbocycles. The van der Waals surface area contributed by atoms with E-state index in [9.17, 15) is 10.1 Å². The maximum Gasteiger partial charge on any atom is 0.254 e. The topological polar surface area (TPSA) is 104 Å². The summed E-state index contributed by atoms with van der Waals surface area (Å²) in [6.07, 6.45) is 5.85. The molecule has 2 aliphatic rings. The highest BCUT2D eigenvalue weighted by Crippen LogP contribution is 2.37. The van der Waals surface area contributed by atoms with Gasteiger partial charge in [-0.25, -0.2) is 15.0 Å². The Bertz CT molecular complexity index is 1850. The number of fused-ring (bicyclic) bond motifs is 2. The van der Waals surface area contributed by atoms with Gasteiger partial charge in [-0.2, -0.15) is 5.26 Å². The Kier molecular flexibility index (Phi) is 6.22. The Morgan fingerprint density at radius 1 is 0.976 bits per heavy atom. The highest BCUT2D eigenvalue weighted by molar-refractivity contribution is 6.31. The lowest BCUT2D eigenvalue weighted by atomic mass is 9.98. The normalized spacial score (nSPS) is 19.0. The summed E-state index contributed by atoms with van der Waals surface area (Å²) >= 11 is 6.22. The van der Waals surface area contributed by atoms with Gasteiger partial charge in [-0.05, 0) is 55.4 Å². The van der Waals surface area contributed by atoms with E-state index >= 15 is 0 Å². The van der Waals surface area contributed by atoms with Crippen LogP contribution in [0.4, 0.5) is 0 Å². The van der Waals surface area contributed by atoms with Crippen molar-refractivity contribution in [1.29, 1.82) is 5.26 Å². The largest absolute Gasteiger partial charge is 0.330 e. The third kappa shape index (κ3) is 4.42. The van der Waals surface area contributed by atoms with Gasteiger partial charge >= 0.3 is 0 Å². The van der Waals surface area contributed by atoms with Crippen molar-refractivity contribution in [2.75, 3.05) is 20.1 Å². The monoisotopic (exact) mass is 560 g/mol. The molecule has 0 N–H and O–H groups in total. The zero-order valence-electron chi connectivity index (χ0n) is 22.3. The zero-order chi connectivity index (χ0) is 28.1. The van der Waals surface area contributed by atoms with E-state index in [0.717, 1.165) is 41.7 Å². The van der Waals surface area contributed by atoms with Gasteiger partial charge < -0.3 is 14.4 Å². The van der Waals surface area contributed by atoms with Crippen molar-refractivity contribution in [2.24, 2.45) is 0 Å². The molecule has 202 valence electrons. The van der Waals surface area contributed by atoms with Crippen molar-refractivity contribution in [2.45, 2.75) is 25.0 Å². The number of carbonyl (C=O) groups excluding carboxylic acids is 1. The maximum atomic E-state index is 13.5. The highest BCUT2D eigenvalue weighted by atomic mass is 35.5. The predicted octanol–water partition coefficient (Wildman–Crippen LogP) is 4.98. The van der Waals surface area contributed by atoms with Gasteiger partial charge in [-0.3, -0.25) is 9.78 Å². The number of amides is 1. The smallest absolute Gasteiger partial charge is 0.254 e. The molecule has 0 aliphatic carbocycles. The number of halogens is 1. The average Bonchev–Trinajstić information content (AvgIpc) is 3.54. The molecule has 0 unspecified atom stereocenters. The minimum Gasteiger partial charge on any atom is -0.330 e. The Balaban J connectivity index is 1.35. The van der Waals surface area contributed by atoms with Crippen LogP contribution in [0.2, 0.25) is 5.02 Å². The first-order chi connectivity index (χ1) is 20.0. The molecule has 1 saturated heterocycles. The van der Waals surface area contributed by atoms with Crippen LogP contribution < -0.4 is 0 Å². The fourth-order valence-electron chi connectivity index (χ4n) is 6.15. The second-order valence-corrected chi connectivity index (χ2v) is 11.0. The van der Waals surface area contributed by atoms with Crippen molar-refractivity contribution in [3.63, 3.8) is 0 Å². The van der Waals surface area contributed by atoms with Crippen LogP contribution in [-0.2, 0) is 6.54 Å². The van der Waals surface area contributed by atoms with Crippen molar-refractivity contribution in [3.8, 4) is 29.0 Å². The van der Waals surface area contributed by atoms with Gasteiger partial charge in [-0.1, -0.05) is 29.8 Å². The summed E-state index contributed by atoms with van der Waals surface area (Å²) < 4.78 is 2.22. The van der Waals surface area contributed by atoms with Crippen LogP contribution in [0, 0.1) is 11.3 Å². The second-order valence-electron chi connectivity index (χ2n) is 10.6. The molecular formula is C31H25ClN8O. The quantitative estimate of drug-likeness (QED) is 0.305. The Hall–Kier alpha value is -4.65. The first-order valence-corrected chi connectivity index (χ1v) is 13.8. The van der Waals surface area contributed by atoms with Gasteiger partial charge in [0.05, 0.1) is 29.4 Å². The number of nitriles is 1. The number of carbonyl (C=O) groups is 1. The molecule has 2 atom stereocenters. The van der Waals surface area contributed by atoms with Gasteiger partial charge in [0, 0.05) is 54.2 Å². The molecule has 1 fully saturated rings. The minimum absolute atomic E-state index is 0.0137. The molecule has 0 bridgehead atoms. The number of hydrogen-bond donors (Lipinski definition) is 0. The number of hydrogen-bond acceptors (Lipinski definition) is 7. The van der Waals surface area contributed by atoms with Gasteiger partial charge in [0.2, 0.25) is 0 Å². The molecule has 7 rings (SSSR count). The van der Waals surface area contributed by atoms with E-state index in [2.05, 4.69) is 37.5 Å². The van der Waals surface area contributed by atoms with Crippen molar-refractivity contribution in [3.05, 3.63) is 94.9 Å². The van der Waals surface area contributed by atoms with Crippen molar-refractivity contribution < 1.29 is 4.79 Å². The van der Waals surface area contributed by atoms with Crippen molar-refractivity contribution in [1.82, 2.24) is 34.3 Å². The molecular weight excluding hydrogens is 536 g/mol. The number of imidazole rings is 1. The SMILES string of the molecule is CN1C[C@@H](N2Cc3ccc(Cl)cc3C2=O)C[C@@H](n2c(-c3ccccc3C#N)nc3cnc(-c4ncccn4)cc32)C1. The number of rotatable bonds is 4. The van der Waals surface area contributed by atoms with E-state index in [1.54, 1.807) is 30.7 Å².